The van der Waals surface area contributed by atoms with Crippen LogP contribution >= 0.6 is 0 Å². The van der Waals surface area contributed by atoms with Crippen molar-refractivity contribution in [2.24, 2.45) is 11.8 Å². The van der Waals surface area contributed by atoms with E-state index in [4.69, 9.17) is 4.74 Å². The monoisotopic (exact) mass is 561 g/mol. The summed E-state index contributed by atoms with van der Waals surface area (Å²) in [5.41, 5.74) is -0.786. The second-order valence-corrected chi connectivity index (χ2v) is 12.0. The van der Waals surface area contributed by atoms with Gasteiger partial charge in [0.25, 0.3) is 0 Å². The third kappa shape index (κ3) is 9.77. The van der Waals surface area contributed by atoms with Gasteiger partial charge in [-0.3, -0.25) is 9.52 Å². The number of hydrogen-bond donors (Lipinski definition) is 2. The highest BCUT2D eigenvalue weighted by Gasteiger charge is 2.34. The normalized spacial score (nSPS) is 13.2. The van der Waals surface area contributed by atoms with E-state index in [2.05, 4.69) is 10.3 Å². The smallest absolute Gasteiger partial charge is 0.433 e. The number of aromatic nitrogens is 1. The van der Waals surface area contributed by atoms with Crippen molar-refractivity contribution in [1.29, 1.82) is 0 Å². The van der Waals surface area contributed by atoms with Crippen molar-refractivity contribution in [1.82, 2.24) is 10.3 Å². The Labute approximate surface area is 221 Å². The largest absolute Gasteiger partial charge is 0.474 e. The Balaban J connectivity index is 2.24. The zero-order chi connectivity index (χ0) is 28.8. The van der Waals surface area contributed by atoms with Gasteiger partial charge >= 0.3 is 6.18 Å². The van der Waals surface area contributed by atoms with Gasteiger partial charge in [0.15, 0.2) is 0 Å². The second kappa shape index (κ2) is 12.8. The maximum atomic E-state index is 14.4. The number of halogens is 4. The first-order chi connectivity index (χ1) is 17.5. The van der Waals surface area contributed by atoms with Crippen LogP contribution in [0.5, 0.6) is 5.88 Å². The summed E-state index contributed by atoms with van der Waals surface area (Å²) in [6.45, 7) is 9.33. The third-order valence-corrected chi connectivity index (χ3v) is 6.20. The van der Waals surface area contributed by atoms with E-state index in [-0.39, 0.29) is 47.2 Å². The molecule has 212 valence electrons. The molecule has 2 rings (SSSR count). The number of carbonyl (C=O) groups is 1. The number of ether oxygens (including phenoxy) is 1. The molecular weight excluding hydrogens is 526 g/mol. The second-order valence-electron chi connectivity index (χ2n) is 10.2. The van der Waals surface area contributed by atoms with Crippen molar-refractivity contribution < 1.29 is 35.5 Å². The lowest BCUT2D eigenvalue weighted by Gasteiger charge is -2.24. The summed E-state index contributed by atoms with van der Waals surface area (Å²) >= 11 is 0. The van der Waals surface area contributed by atoms with Crippen LogP contribution in [0.2, 0.25) is 0 Å². The summed E-state index contributed by atoms with van der Waals surface area (Å²) in [7, 11) is -3.68. The molecule has 0 radical (unpaired) electrons. The van der Waals surface area contributed by atoms with Crippen LogP contribution in [0.1, 0.15) is 70.2 Å². The van der Waals surface area contributed by atoms with Crippen LogP contribution in [0.25, 0.3) is 0 Å². The van der Waals surface area contributed by atoms with Crippen LogP contribution in [0, 0.1) is 17.7 Å². The fourth-order valence-electron chi connectivity index (χ4n) is 3.84. The van der Waals surface area contributed by atoms with Crippen LogP contribution in [-0.4, -0.2) is 31.7 Å². The molecule has 1 unspecified atom stereocenters. The first-order valence-electron chi connectivity index (χ1n) is 12.2. The molecule has 2 N–H and O–H groups in total. The van der Waals surface area contributed by atoms with Crippen molar-refractivity contribution in [3.8, 4) is 5.88 Å². The molecule has 0 fully saturated rings. The zero-order valence-electron chi connectivity index (χ0n) is 22.3. The van der Waals surface area contributed by atoms with Gasteiger partial charge in [-0.15, -0.1) is 0 Å². The Hall–Kier alpha value is -2.89. The van der Waals surface area contributed by atoms with Crippen LogP contribution in [-0.2, 0) is 27.5 Å². The summed E-state index contributed by atoms with van der Waals surface area (Å²) in [5.74, 6) is -1.91. The number of alkyl halides is 3. The minimum atomic E-state index is -4.66. The molecule has 0 aliphatic carbocycles. The maximum absolute atomic E-state index is 14.4. The molecule has 0 aliphatic heterocycles. The Morgan fingerprint density at radius 3 is 2.13 bits per heavy atom. The fraction of sp³-hybridized carbons (Fsp3) is 0.538. The van der Waals surface area contributed by atoms with E-state index in [0.29, 0.717) is 12.8 Å². The third-order valence-electron chi connectivity index (χ3n) is 5.61. The van der Waals surface area contributed by atoms with Gasteiger partial charge in [-0.05, 0) is 61.4 Å². The standard InChI is InChI=1S/C26H35F4N3O4S/c1-15(2)11-20(12-16(3)4)37-25-19(8-10-23(32-25)26(28,29)30)14-31-24(34)17(5)18-7-9-22(21(27)13-18)33-38(6,35)36/h7-10,13,15-17,20,33H,11-12,14H2,1-6H3,(H,31,34). The number of rotatable bonds is 12. The summed E-state index contributed by atoms with van der Waals surface area (Å²) in [6, 6.07) is 5.74. The topological polar surface area (TPSA) is 97.4 Å². The first-order valence-corrected chi connectivity index (χ1v) is 14.1. The highest BCUT2D eigenvalue weighted by Crippen LogP contribution is 2.32. The molecule has 7 nitrogen and oxygen atoms in total. The highest BCUT2D eigenvalue weighted by atomic mass is 32.2. The molecule has 12 heteroatoms. The Morgan fingerprint density at radius 1 is 1.03 bits per heavy atom. The van der Waals surface area contributed by atoms with Crippen molar-refractivity contribution in [2.75, 3.05) is 11.0 Å². The molecule has 0 saturated heterocycles. The quantitative estimate of drug-likeness (QED) is 0.316. The van der Waals surface area contributed by atoms with E-state index < -0.39 is 39.5 Å². The van der Waals surface area contributed by atoms with E-state index in [1.54, 1.807) is 0 Å². The maximum Gasteiger partial charge on any atom is 0.433 e. The first kappa shape index (κ1) is 31.3. The minimum absolute atomic E-state index is 0.157. The molecule has 1 amide bonds. The Morgan fingerprint density at radius 2 is 1.63 bits per heavy atom. The molecular formula is C26H35F4N3O4S. The molecule has 38 heavy (non-hydrogen) atoms. The fourth-order valence-corrected chi connectivity index (χ4v) is 4.40. The molecule has 1 atom stereocenters. The number of hydrogen-bond acceptors (Lipinski definition) is 5. The zero-order valence-corrected chi connectivity index (χ0v) is 23.1. The number of nitrogens with one attached hydrogen (secondary N) is 2. The number of pyridine rings is 1. The van der Waals surface area contributed by atoms with Crippen LogP contribution in [0.4, 0.5) is 23.2 Å². The van der Waals surface area contributed by atoms with Crippen LogP contribution < -0.4 is 14.8 Å². The van der Waals surface area contributed by atoms with Crippen molar-refractivity contribution in [3.63, 3.8) is 0 Å². The van der Waals surface area contributed by atoms with E-state index in [1.807, 2.05) is 32.4 Å². The molecule has 0 bridgehead atoms. The lowest BCUT2D eigenvalue weighted by molar-refractivity contribution is -0.141. The molecule has 0 spiro atoms. The van der Waals surface area contributed by atoms with Gasteiger partial charge in [-0.2, -0.15) is 13.2 Å². The average Bonchev–Trinajstić information content (AvgIpc) is 2.76. The molecule has 0 saturated carbocycles. The van der Waals surface area contributed by atoms with Crippen LogP contribution in [0.15, 0.2) is 30.3 Å². The number of amides is 1. The van der Waals surface area contributed by atoms with Gasteiger partial charge in [0.2, 0.25) is 21.8 Å². The average molecular weight is 562 g/mol. The van der Waals surface area contributed by atoms with Crippen molar-refractivity contribution in [3.05, 3.63) is 53.0 Å². The number of sulfonamides is 1. The van der Waals surface area contributed by atoms with Crippen LogP contribution in [0.3, 0.4) is 0 Å². The SMILES string of the molecule is CC(C)CC(CC(C)C)Oc1nc(C(F)(F)F)ccc1CNC(=O)C(C)c1ccc(NS(C)(=O)=O)c(F)c1. The Bertz CT molecular complexity index is 1210. The van der Waals surface area contributed by atoms with E-state index in [0.717, 1.165) is 18.4 Å². The molecule has 0 aliphatic rings. The summed E-state index contributed by atoms with van der Waals surface area (Å²) in [5, 5.41) is 2.65. The summed E-state index contributed by atoms with van der Waals surface area (Å²) in [4.78, 5) is 16.5. The number of nitrogens with zero attached hydrogens (tertiary/aromatic N) is 1. The van der Waals surface area contributed by atoms with Gasteiger partial charge in [-0.25, -0.2) is 17.8 Å². The molecule has 1 heterocycles. The van der Waals surface area contributed by atoms with Gasteiger partial charge in [0.1, 0.15) is 17.6 Å². The van der Waals surface area contributed by atoms with E-state index >= 15 is 0 Å². The number of benzene rings is 1. The Kier molecular flexibility index (Phi) is 10.5. The lowest BCUT2D eigenvalue weighted by atomic mass is 9.98. The highest BCUT2D eigenvalue weighted by molar-refractivity contribution is 7.92. The van der Waals surface area contributed by atoms with Crippen molar-refractivity contribution >= 4 is 21.6 Å². The van der Waals surface area contributed by atoms with Gasteiger partial charge in [-0.1, -0.05) is 33.8 Å². The molecule has 2 aromatic rings. The summed E-state index contributed by atoms with van der Waals surface area (Å²) < 4.78 is 85.2. The van der Waals surface area contributed by atoms with E-state index in [1.165, 1.54) is 25.1 Å². The van der Waals surface area contributed by atoms with Gasteiger partial charge in [0.05, 0.1) is 17.9 Å². The molecule has 1 aromatic heterocycles. The van der Waals surface area contributed by atoms with Crippen molar-refractivity contribution in [2.45, 2.75) is 72.2 Å². The number of anilines is 1. The van der Waals surface area contributed by atoms with Gasteiger partial charge in [0, 0.05) is 12.1 Å². The lowest BCUT2D eigenvalue weighted by Crippen LogP contribution is -2.29. The predicted octanol–water partition coefficient (Wildman–Crippen LogP) is 5.87. The van der Waals surface area contributed by atoms with E-state index in [9.17, 15) is 30.8 Å². The minimum Gasteiger partial charge on any atom is -0.474 e. The molecule has 1 aromatic carbocycles. The summed E-state index contributed by atoms with van der Waals surface area (Å²) in [6.07, 6.45) is -2.90. The predicted molar refractivity (Wildman–Crippen MR) is 138 cm³/mol. The van der Waals surface area contributed by atoms with Gasteiger partial charge < -0.3 is 10.1 Å². The number of carbonyl (C=O) groups excluding carboxylic acids is 1.